The van der Waals surface area contributed by atoms with E-state index in [1.54, 1.807) is 0 Å². The van der Waals surface area contributed by atoms with Crippen molar-refractivity contribution in [2.75, 3.05) is 20.1 Å². The maximum atomic E-state index is 3.62. The first kappa shape index (κ1) is 11.3. The van der Waals surface area contributed by atoms with Gasteiger partial charge in [0.2, 0.25) is 0 Å². The van der Waals surface area contributed by atoms with Crippen LogP contribution in [0.3, 0.4) is 0 Å². The fourth-order valence-electron chi connectivity index (χ4n) is 2.74. The van der Waals surface area contributed by atoms with Crippen molar-refractivity contribution in [3.8, 4) is 0 Å². The van der Waals surface area contributed by atoms with Gasteiger partial charge < -0.3 is 9.47 Å². The van der Waals surface area contributed by atoms with Crippen LogP contribution in [-0.4, -0.2) is 29.6 Å². The van der Waals surface area contributed by atoms with Crippen molar-refractivity contribution in [3.63, 3.8) is 0 Å². The third kappa shape index (κ3) is 2.02. The number of hydrogen-bond acceptors (Lipinski definition) is 1. The summed E-state index contributed by atoms with van der Waals surface area (Å²) in [5, 5.41) is 1.33. The topological polar surface area (TPSA) is 8.17 Å². The summed E-state index contributed by atoms with van der Waals surface area (Å²) in [6.07, 6.45) is 4.75. The summed E-state index contributed by atoms with van der Waals surface area (Å²) in [5.74, 6) is 0. The molecule has 0 bridgehead atoms. The lowest BCUT2D eigenvalue weighted by Crippen LogP contribution is -2.31. The number of halogens is 1. The fraction of sp³-hybridized carbons (Fsp3) is 0.429. The highest BCUT2D eigenvalue weighted by molar-refractivity contribution is 9.10. The van der Waals surface area contributed by atoms with Crippen LogP contribution in [0.2, 0.25) is 0 Å². The van der Waals surface area contributed by atoms with Crippen molar-refractivity contribution in [3.05, 3.63) is 34.9 Å². The Balaban J connectivity index is 1.98. The SMILES string of the molecule is CN1CCC(n2ccc3c(Br)cccc32)CC1. The predicted molar refractivity (Wildman–Crippen MR) is 75.4 cm³/mol. The van der Waals surface area contributed by atoms with E-state index < -0.39 is 0 Å². The van der Waals surface area contributed by atoms with E-state index in [0.29, 0.717) is 6.04 Å². The molecule has 1 aromatic heterocycles. The molecule has 1 fully saturated rings. The van der Waals surface area contributed by atoms with Crippen LogP contribution in [-0.2, 0) is 0 Å². The Hall–Kier alpha value is -0.800. The Kier molecular flexibility index (Phi) is 2.97. The smallest absolute Gasteiger partial charge is 0.0494 e. The molecule has 3 rings (SSSR count). The minimum atomic E-state index is 0.665. The zero-order valence-electron chi connectivity index (χ0n) is 10.1. The number of fused-ring (bicyclic) bond motifs is 1. The molecule has 1 aliphatic rings. The normalized spacial score (nSPS) is 18.9. The highest BCUT2D eigenvalue weighted by Gasteiger charge is 2.19. The lowest BCUT2D eigenvalue weighted by Gasteiger charge is -2.30. The van der Waals surface area contributed by atoms with Gasteiger partial charge in [0.15, 0.2) is 0 Å². The standard InChI is InChI=1S/C14H17BrN2/c1-16-8-5-11(6-9-16)17-10-7-12-13(15)3-2-4-14(12)17/h2-4,7,10-11H,5-6,8-9H2,1H3. The largest absolute Gasteiger partial charge is 0.344 e. The van der Waals surface area contributed by atoms with E-state index in [1.165, 1.54) is 41.3 Å². The molecule has 2 aromatic rings. The van der Waals surface area contributed by atoms with Gasteiger partial charge >= 0.3 is 0 Å². The zero-order valence-corrected chi connectivity index (χ0v) is 11.7. The van der Waals surface area contributed by atoms with Gasteiger partial charge in [-0.2, -0.15) is 0 Å². The van der Waals surface area contributed by atoms with Gasteiger partial charge in [-0.15, -0.1) is 0 Å². The molecule has 1 saturated heterocycles. The average Bonchev–Trinajstić information content (AvgIpc) is 2.75. The molecule has 0 spiro atoms. The number of benzene rings is 1. The molecule has 0 unspecified atom stereocenters. The molecular formula is C14H17BrN2. The van der Waals surface area contributed by atoms with Gasteiger partial charge in [-0.3, -0.25) is 0 Å². The number of hydrogen-bond donors (Lipinski definition) is 0. The summed E-state index contributed by atoms with van der Waals surface area (Å²) in [7, 11) is 2.21. The summed E-state index contributed by atoms with van der Waals surface area (Å²) in [6.45, 7) is 2.41. The van der Waals surface area contributed by atoms with Crippen LogP contribution in [0, 0.1) is 0 Å². The van der Waals surface area contributed by atoms with Gasteiger partial charge in [0.1, 0.15) is 0 Å². The minimum absolute atomic E-state index is 0.665. The Morgan fingerprint density at radius 2 is 1.94 bits per heavy atom. The molecule has 2 nitrogen and oxygen atoms in total. The molecule has 0 amide bonds. The molecule has 0 N–H and O–H groups in total. The van der Waals surface area contributed by atoms with Crippen molar-refractivity contribution >= 4 is 26.8 Å². The molecule has 0 aliphatic carbocycles. The summed E-state index contributed by atoms with van der Waals surface area (Å²) < 4.78 is 3.65. The summed E-state index contributed by atoms with van der Waals surface area (Å²) in [6, 6.07) is 9.34. The van der Waals surface area contributed by atoms with Gasteiger partial charge in [-0.1, -0.05) is 22.0 Å². The Morgan fingerprint density at radius 3 is 2.71 bits per heavy atom. The van der Waals surface area contributed by atoms with Crippen molar-refractivity contribution in [1.82, 2.24) is 9.47 Å². The predicted octanol–water partition coefficient (Wildman–Crippen LogP) is 3.67. The van der Waals surface area contributed by atoms with Gasteiger partial charge in [0.05, 0.1) is 0 Å². The van der Waals surface area contributed by atoms with E-state index in [2.05, 4.69) is 62.9 Å². The van der Waals surface area contributed by atoms with Gasteiger partial charge in [0.25, 0.3) is 0 Å². The molecular weight excluding hydrogens is 276 g/mol. The van der Waals surface area contributed by atoms with Crippen LogP contribution in [0.25, 0.3) is 10.9 Å². The maximum Gasteiger partial charge on any atom is 0.0494 e. The first-order valence-corrected chi connectivity index (χ1v) is 6.98. The molecule has 2 heterocycles. The Bertz CT molecular complexity index is 524. The number of likely N-dealkylation sites (tertiary alicyclic amines) is 1. The third-order valence-corrected chi connectivity index (χ3v) is 4.48. The fourth-order valence-corrected chi connectivity index (χ4v) is 3.23. The number of rotatable bonds is 1. The second-order valence-electron chi connectivity index (χ2n) is 4.93. The van der Waals surface area contributed by atoms with Crippen LogP contribution >= 0.6 is 15.9 Å². The van der Waals surface area contributed by atoms with E-state index >= 15 is 0 Å². The van der Waals surface area contributed by atoms with Crippen LogP contribution in [0.15, 0.2) is 34.9 Å². The van der Waals surface area contributed by atoms with Crippen LogP contribution in [0.5, 0.6) is 0 Å². The van der Waals surface area contributed by atoms with Crippen molar-refractivity contribution in [2.24, 2.45) is 0 Å². The lowest BCUT2D eigenvalue weighted by molar-refractivity contribution is 0.224. The molecule has 17 heavy (non-hydrogen) atoms. The number of aromatic nitrogens is 1. The first-order valence-electron chi connectivity index (χ1n) is 6.19. The zero-order chi connectivity index (χ0) is 11.8. The highest BCUT2D eigenvalue weighted by atomic mass is 79.9. The molecule has 3 heteroatoms. The van der Waals surface area contributed by atoms with Gasteiger partial charge in [-0.05, 0) is 51.2 Å². The summed E-state index contributed by atoms with van der Waals surface area (Å²) in [5.41, 5.74) is 1.36. The van der Waals surface area contributed by atoms with Gasteiger partial charge in [-0.25, -0.2) is 0 Å². The van der Waals surface area contributed by atoms with Crippen molar-refractivity contribution in [2.45, 2.75) is 18.9 Å². The highest BCUT2D eigenvalue weighted by Crippen LogP contribution is 2.30. The third-order valence-electron chi connectivity index (χ3n) is 3.79. The molecule has 0 radical (unpaired) electrons. The van der Waals surface area contributed by atoms with Gasteiger partial charge in [0, 0.05) is 27.6 Å². The second kappa shape index (κ2) is 4.46. The maximum absolute atomic E-state index is 3.62. The van der Waals surface area contributed by atoms with Crippen LogP contribution in [0.1, 0.15) is 18.9 Å². The lowest BCUT2D eigenvalue weighted by atomic mass is 10.1. The summed E-state index contributed by atoms with van der Waals surface area (Å²) >= 11 is 3.62. The molecule has 1 aliphatic heterocycles. The van der Waals surface area contributed by atoms with Crippen LogP contribution < -0.4 is 0 Å². The molecule has 0 atom stereocenters. The van der Waals surface area contributed by atoms with E-state index in [0.717, 1.165) is 0 Å². The average molecular weight is 293 g/mol. The van der Waals surface area contributed by atoms with E-state index in [4.69, 9.17) is 0 Å². The number of nitrogens with zero attached hydrogens (tertiary/aromatic N) is 2. The minimum Gasteiger partial charge on any atom is -0.344 e. The van der Waals surface area contributed by atoms with E-state index in [-0.39, 0.29) is 0 Å². The van der Waals surface area contributed by atoms with E-state index in [1.807, 2.05) is 0 Å². The molecule has 1 aromatic carbocycles. The number of piperidine rings is 1. The Morgan fingerprint density at radius 1 is 1.18 bits per heavy atom. The van der Waals surface area contributed by atoms with Crippen molar-refractivity contribution < 1.29 is 0 Å². The molecule has 0 saturated carbocycles. The second-order valence-corrected chi connectivity index (χ2v) is 5.78. The van der Waals surface area contributed by atoms with E-state index in [9.17, 15) is 0 Å². The summed E-state index contributed by atoms with van der Waals surface area (Å²) in [4.78, 5) is 2.41. The quantitative estimate of drug-likeness (QED) is 0.779. The van der Waals surface area contributed by atoms with Crippen LogP contribution in [0.4, 0.5) is 0 Å². The van der Waals surface area contributed by atoms with Crippen molar-refractivity contribution in [1.29, 1.82) is 0 Å². The molecule has 90 valence electrons. The first-order chi connectivity index (χ1) is 8.25. The monoisotopic (exact) mass is 292 g/mol. The Labute approximate surface area is 110 Å².